The number of aryl methyl sites for hydroxylation is 1. The molecule has 0 unspecified atom stereocenters. The fourth-order valence-corrected chi connectivity index (χ4v) is 1.80. The molecule has 0 atom stereocenters. The molecule has 0 saturated heterocycles. The quantitative estimate of drug-likeness (QED) is 0.723. The molecule has 2 rings (SSSR count). The van der Waals surface area contributed by atoms with Crippen molar-refractivity contribution in [1.29, 1.82) is 0 Å². The van der Waals surface area contributed by atoms with E-state index < -0.39 is 28.7 Å². The van der Waals surface area contributed by atoms with Crippen LogP contribution in [0.4, 0.5) is 17.6 Å². The molecular weight excluding hydrogens is 250 g/mol. The predicted octanol–water partition coefficient (Wildman–Crippen LogP) is 3.30. The highest BCUT2D eigenvalue weighted by Crippen LogP contribution is 2.30. The molecule has 2 nitrogen and oxygen atoms in total. The van der Waals surface area contributed by atoms with Crippen LogP contribution in [0, 0.1) is 19.7 Å². The van der Waals surface area contributed by atoms with Gasteiger partial charge in [-0.05, 0) is 31.5 Å². The third-order valence-corrected chi connectivity index (χ3v) is 2.80. The van der Waals surface area contributed by atoms with Gasteiger partial charge < -0.3 is 4.98 Å². The van der Waals surface area contributed by atoms with Gasteiger partial charge in [0.25, 0.3) is 0 Å². The summed E-state index contributed by atoms with van der Waals surface area (Å²) in [6, 6.07) is 2.15. The van der Waals surface area contributed by atoms with Gasteiger partial charge >= 0.3 is 6.18 Å². The number of rotatable bonds is 0. The van der Waals surface area contributed by atoms with E-state index in [1.165, 1.54) is 13.0 Å². The molecule has 0 fully saturated rings. The molecule has 0 bridgehead atoms. The zero-order valence-corrected chi connectivity index (χ0v) is 9.57. The minimum absolute atomic E-state index is 0.0550. The maximum atomic E-state index is 13.3. The number of hydrogen-bond acceptors (Lipinski definition) is 1. The van der Waals surface area contributed by atoms with Gasteiger partial charge in [-0.25, -0.2) is 4.39 Å². The molecule has 96 valence electrons. The fraction of sp³-hybridized carbons (Fsp3) is 0.250. The van der Waals surface area contributed by atoms with Crippen molar-refractivity contribution < 1.29 is 17.6 Å². The van der Waals surface area contributed by atoms with Crippen molar-refractivity contribution in [3.8, 4) is 0 Å². The first-order chi connectivity index (χ1) is 8.21. The van der Waals surface area contributed by atoms with Crippen molar-refractivity contribution in [2.75, 3.05) is 0 Å². The number of benzene rings is 1. The molecule has 0 saturated carbocycles. The fourth-order valence-electron chi connectivity index (χ4n) is 1.80. The summed E-state index contributed by atoms with van der Waals surface area (Å²) in [7, 11) is 0. The Balaban J connectivity index is 2.93. The lowest BCUT2D eigenvalue weighted by Gasteiger charge is -2.11. The Hall–Kier alpha value is -1.85. The summed E-state index contributed by atoms with van der Waals surface area (Å²) in [6.45, 7) is 2.54. The molecule has 0 aliphatic carbocycles. The van der Waals surface area contributed by atoms with Crippen LogP contribution in [0.5, 0.6) is 0 Å². The highest BCUT2D eigenvalue weighted by atomic mass is 19.4. The molecule has 0 amide bonds. The molecule has 0 spiro atoms. The maximum Gasteiger partial charge on any atom is 0.431 e. The van der Waals surface area contributed by atoms with Crippen LogP contribution in [0.2, 0.25) is 0 Å². The molecule has 1 heterocycles. The zero-order chi connectivity index (χ0) is 13.7. The van der Waals surface area contributed by atoms with E-state index in [1.54, 1.807) is 0 Å². The number of aromatic nitrogens is 1. The summed E-state index contributed by atoms with van der Waals surface area (Å²) >= 11 is 0. The summed E-state index contributed by atoms with van der Waals surface area (Å²) < 4.78 is 51.3. The number of H-pyrrole nitrogens is 1. The Morgan fingerprint density at radius 3 is 2.33 bits per heavy atom. The molecule has 1 aromatic carbocycles. The van der Waals surface area contributed by atoms with Gasteiger partial charge in [-0.3, -0.25) is 4.79 Å². The normalized spacial score (nSPS) is 12.1. The van der Waals surface area contributed by atoms with Gasteiger partial charge in [0.05, 0.1) is 5.52 Å². The zero-order valence-electron chi connectivity index (χ0n) is 9.57. The first kappa shape index (κ1) is 12.6. The van der Waals surface area contributed by atoms with E-state index in [9.17, 15) is 22.4 Å². The van der Waals surface area contributed by atoms with Gasteiger partial charge in [0.2, 0.25) is 0 Å². The monoisotopic (exact) mass is 259 g/mol. The summed E-state index contributed by atoms with van der Waals surface area (Å²) in [5, 5.41) is 0.0550. The van der Waals surface area contributed by atoms with E-state index in [2.05, 4.69) is 4.98 Å². The number of fused-ring (bicyclic) bond motifs is 1. The first-order valence-electron chi connectivity index (χ1n) is 5.11. The van der Waals surface area contributed by atoms with Gasteiger partial charge in [-0.1, -0.05) is 0 Å². The molecule has 1 aromatic heterocycles. The smallest absolute Gasteiger partial charge is 0.350 e. The van der Waals surface area contributed by atoms with Crippen molar-refractivity contribution in [1.82, 2.24) is 4.98 Å². The Labute approximate surface area is 99.3 Å². The molecule has 1 N–H and O–H groups in total. The number of alkyl halides is 3. The van der Waals surface area contributed by atoms with E-state index in [4.69, 9.17) is 0 Å². The highest BCUT2D eigenvalue weighted by molar-refractivity contribution is 5.80. The van der Waals surface area contributed by atoms with Crippen LogP contribution in [-0.4, -0.2) is 4.98 Å². The standard InChI is InChI=1S/C12H9F4NO/c1-5-3-7-9(4-8(5)13)17-11(12(14,15)16)6(2)10(7)18/h3-4H,1-2H3,(H,17,18). The molecule has 18 heavy (non-hydrogen) atoms. The average molecular weight is 259 g/mol. The van der Waals surface area contributed by atoms with E-state index in [0.717, 1.165) is 13.0 Å². The van der Waals surface area contributed by atoms with Crippen LogP contribution < -0.4 is 5.43 Å². The molecular formula is C12H9F4NO. The Morgan fingerprint density at radius 1 is 1.17 bits per heavy atom. The minimum Gasteiger partial charge on any atom is -0.350 e. The van der Waals surface area contributed by atoms with Crippen LogP contribution in [0.15, 0.2) is 16.9 Å². The number of pyridine rings is 1. The summed E-state index contributed by atoms with van der Waals surface area (Å²) in [5.41, 5.74) is -2.23. The number of aromatic amines is 1. The lowest BCUT2D eigenvalue weighted by Crippen LogP contribution is -2.19. The summed E-state index contributed by atoms with van der Waals surface area (Å²) in [4.78, 5) is 13.9. The molecule has 2 aromatic rings. The first-order valence-corrected chi connectivity index (χ1v) is 5.11. The lowest BCUT2D eigenvalue weighted by molar-refractivity contribution is -0.141. The van der Waals surface area contributed by atoms with Crippen molar-refractivity contribution in [3.05, 3.63) is 45.0 Å². The van der Waals surface area contributed by atoms with Crippen molar-refractivity contribution in [3.63, 3.8) is 0 Å². The van der Waals surface area contributed by atoms with Crippen LogP contribution >= 0.6 is 0 Å². The number of nitrogens with one attached hydrogen (secondary N) is 1. The second-order valence-electron chi connectivity index (χ2n) is 4.10. The van der Waals surface area contributed by atoms with Crippen LogP contribution in [-0.2, 0) is 6.18 Å². The number of hydrogen-bond donors (Lipinski definition) is 1. The molecule has 6 heteroatoms. The third-order valence-electron chi connectivity index (χ3n) is 2.80. The molecule has 0 radical (unpaired) electrons. The largest absolute Gasteiger partial charge is 0.431 e. The molecule has 0 aliphatic rings. The van der Waals surface area contributed by atoms with E-state index in [-0.39, 0.29) is 16.5 Å². The van der Waals surface area contributed by atoms with Crippen molar-refractivity contribution >= 4 is 10.9 Å². The van der Waals surface area contributed by atoms with Crippen molar-refractivity contribution in [2.45, 2.75) is 20.0 Å². The third kappa shape index (κ3) is 1.87. The van der Waals surface area contributed by atoms with Gasteiger partial charge in [0.15, 0.2) is 5.43 Å². The second kappa shape index (κ2) is 3.83. The van der Waals surface area contributed by atoms with Crippen LogP contribution in [0.25, 0.3) is 10.9 Å². The van der Waals surface area contributed by atoms with E-state index >= 15 is 0 Å². The van der Waals surface area contributed by atoms with Crippen molar-refractivity contribution in [2.24, 2.45) is 0 Å². The summed E-state index contributed by atoms with van der Waals surface area (Å²) in [5.74, 6) is -0.657. The maximum absolute atomic E-state index is 13.3. The van der Waals surface area contributed by atoms with Gasteiger partial charge in [0.1, 0.15) is 11.5 Å². The highest BCUT2D eigenvalue weighted by Gasteiger charge is 2.34. The topological polar surface area (TPSA) is 32.9 Å². The van der Waals surface area contributed by atoms with Crippen LogP contribution in [0.3, 0.4) is 0 Å². The lowest BCUT2D eigenvalue weighted by atomic mass is 10.1. The van der Waals surface area contributed by atoms with E-state index in [0.29, 0.717) is 0 Å². The van der Waals surface area contributed by atoms with Crippen LogP contribution in [0.1, 0.15) is 16.8 Å². The number of halogens is 4. The summed E-state index contributed by atoms with van der Waals surface area (Å²) in [6.07, 6.45) is -4.67. The SMILES string of the molecule is Cc1cc2c(=O)c(C)c(C(F)(F)F)[nH]c2cc1F. The Morgan fingerprint density at radius 2 is 1.78 bits per heavy atom. The predicted molar refractivity (Wildman–Crippen MR) is 59.0 cm³/mol. The van der Waals surface area contributed by atoms with E-state index in [1.807, 2.05) is 0 Å². The molecule has 0 aliphatic heterocycles. The van der Waals surface area contributed by atoms with Gasteiger partial charge in [-0.2, -0.15) is 13.2 Å². The Bertz CT molecular complexity index is 685. The van der Waals surface area contributed by atoms with Gasteiger partial charge in [0, 0.05) is 10.9 Å². The Kier molecular flexibility index (Phi) is 2.68. The minimum atomic E-state index is -4.67. The average Bonchev–Trinajstić information content (AvgIpc) is 2.25. The second-order valence-corrected chi connectivity index (χ2v) is 4.10. The van der Waals surface area contributed by atoms with Gasteiger partial charge in [-0.15, -0.1) is 0 Å².